The molecule has 1 fully saturated rings. The Morgan fingerprint density at radius 1 is 1.05 bits per heavy atom. The zero-order valence-corrected chi connectivity index (χ0v) is 11.3. The SMILES string of the molecule is Cc1ccc(-c2cn(N)c(N3CCCCC3)n2)cc1. The summed E-state index contributed by atoms with van der Waals surface area (Å²) in [6, 6.07) is 8.40. The van der Waals surface area contributed by atoms with Crippen molar-refractivity contribution in [2.75, 3.05) is 23.8 Å². The van der Waals surface area contributed by atoms with Crippen LogP contribution < -0.4 is 10.7 Å². The van der Waals surface area contributed by atoms with Crippen molar-refractivity contribution in [3.8, 4) is 11.3 Å². The minimum atomic E-state index is 0.885. The Balaban J connectivity index is 1.90. The first-order valence-electron chi connectivity index (χ1n) is 6.90. The number of nitrogen functional groups attached to an aromatic ring is 1. The van der Waals surface area contributed by atoms with Crippen LogP contribution in [0.3, 0.4) is 0 Å². The molecule has 1 saturated heterocycles. The van der Waals surface area contributed by atoms with E-state index >= 15 is 0 Å². The maximum atomic E-state index is 6.05. The van der Waals surface area contributed by atoms with Crippen LogP contribution >= 0.6 is 0 Å². The largest absolute Gasteiger partial charge is 0.341 e. The second kappa shape index (κ2) is 4.96. The summed E-state index contributed by atoms with van der Waals surface area (Å²) in [5, 5.41) is 0. The molecule has 0 saturated carbocycles. The van der Waals surface area contributed by atoms with Crippen molar-refractivity contribution in [3.05, 3.63) is 36.0 Å². The van der Waals surface area contributed by atoms with Gasteiger partial charge in [-0.1, -0.05) is 29.8 Å². The van der Waals surface area contributed by atoms with Gasteiger partial charge in [-0.3, -0.25) is 0 Å². The molecule has 100 valence electrons. The second-order valence-electron chi connectivity index (χ2n) is 5.25. The minimum Gasteiger partial charge on any atom is -0.341 e. The van der Waals surface area contributed by atoms with E-state index in [1.54, 1.807) is 4.68 Å². The van der Waals surface area contributed by atoms with E-state index in [1.165, 1.54) is 24.8 Å². The van der Waals surface area contributed by atoms with Crippen LogP contribution in [0, 0.1) is 6.92 Å². The molecule has 0 bridgehead atoms. The molecule has 4 heteroatoms. The lowest BCUT2D eigenvalue weighted by molar-refractivity contribution is 0.564. The summed E-state index contributed by atoms with van der Waals surface area (Å²) in [7, 11) is 0. The second-order valence-corrected chi connectivity index (χ2v) is 5.25. The number of aryl methyl sites for hydroxylation is 1. The lowest BCUT2D eigenvalue weighted by Crippen LogP contribution is -2.33. The lowest BCUT2D eigenvalue weighted by atomic mass is 10.1. The summed E-state index contributed by atoms with van der Waals surface area (Å²) in [5.74, 6) is 6.94. The molecule has 0 spiro atoms. The third-order valence-electron chi connectivity index (χ3n) is 3.70. The standard InChI is InChI=1S/C15H20N4/c1-12-5-7-13(8-6-12)14-11-19(16)15(17-14)18-9-3-2-4-10-18/h5-8,11H,2-4,9-10,16H2,1H3. The van der Waals surface area contributed by atoms with E-state index in [4.69, 9.17) is 10.8 Å². The van der Waals surface area contributed by atoms with Crippen molar-refractivity contribution in [1.29, 1.82) is 0 Å². The topological polar surface area (TPSA) is 47.1 Å². The number of piperidine rings is 1. The molecule has 0 amide bonds. The molecule has 0 aliphatic carbocycles. The highest BCUT2D eigenvalue weighted by Gasteiger charge is 2.17. The number of hydrogen-bond donors (Lipinski definition) is 1. The number of rotatable bonds is 2. The highest BCUT2D eigenvalue weighted by Crippen LogP contribution is 2.23. The number of hydrogen-bond acceptors (Lipinski definition) is 3. The molecule has 3 rings (SSSR count). The van der Waals surface area contributed by atoms with Gasteiger partial charge in [-0.15, -0.1) is 0 Å². The predicted octanol–water partition coefficient (Wildman–Crippen LogP) is 2.56. The van der Waals surface area contributed by atoms with Crippen molar-refractivity contribution < 1.29 is 0 Å². The van der Waals surface area contributed by atoms with Crippen LogP contribution in [0.15, 0.2) is 30.5 Å². The summed E-state index contributed by atoms with van der Waals surface area (Å²) in [6.45, 7) is 4.20. The molecule has 4 nitrogen and oxygen atoms in total. The molecule has 2 N–H and O–H groups in total. The normalized spacial score (nSPS) is 15.7. The van der Waals surface area contributed by atoms with Crippen LogP contribution in [0.5, 0.6) is 0 Å². The van der Waals surface area contributed by atoms with Gasteiger partial charge in [-0.25, -0.2) is 9.66 Å². The summed E-state index contributed by atoms with van der Waals surface area (Å²) < 4.78 is 1.65. The molecular formula is C15H20N4. The molecule has 0 radical (unpaired) electrons. The van der Waals surface area contributed by atoms with Gasteiger partial charge in [-0.05, 0) is 26.2 Å². The Morgan fingerprint density at radius 2 is 1.74 bits per heavy atom. The predicted molar refractivity (Wildman–Crippen MR) is 78.6 cm³/mol. The minimum absolute atomic E-state index is 0.885. The summed E-state index contributed by atoms with van der Waals surface area (Å²) in [5.41, 5.74) is 3.32. The molecule has 1 aliphatic rings. The van der Waals surface area contributed by atoms with Crippen molar-refractivity contribution in [2.45, 2.75) is 26.2 Å². The van der Waals surface area contributed by atoms with E-state index in [0.29, 0.717) is 0 Å². The van der Waals surface area contributed by atoms with Crippen LogP contribution in [0.2, 0.25) is 0 Å². The molecule has 0 atom stereocenters. The molecule has 19 heavy (non-hydrogen) atoms. The third kappa shape index (κ3) is 2.43. The van der Waals surface area contributed by atoms with Gasteiger partial charge in [0.1, 0.15) is 0 Å². The summed E-state index contributed by atoms with van der Waals surface area (Å²) in [4.78, 5) is 6.98. The van der Waals surface area contributed by atoms with Gasteiger partial charge in [0.25, 0.3) is 0 Å². The number of nitrogens with zero attached hydrogens (tertiary/aromatic N) is 3. The fourth-order valence-corrected chi connectivity index (χ4v) is 2.58. The summed E-state index contributed by atoms with van der Waals surface area (Å²) in [6.07, 6.45) is 5.68. The molecule has 1 aromatic heterocycles. The van der Waals surface area contributed by atoms with Crippen molar-refractivity contribution in [3.63, 3.8) is 0 Å². The Hall–Kier alpha value is -1.97. The average molecular weight is 256 g/mol. The zero-order valence-electron chi connectivity index (χ0n) is 11.3. The van der Waals surface area contributed by atoms with E-state index in [-0.39, 0.29) is 0 Å². The maximum Gasteiger partial charge on any atom is 0.224 e. The maximum absolute atomic E-state index is 6.05. The van der Waals surface area contributed by atoms with Gasteiger partial charge < -0.3 is 10.7 Å². The van der Waals surface area contributed by atoms with Gasteiger partial charge in [0.05, 0.1) is 11.9 Å². The number of aromatic nitrogens is 2. The van der Waals surface area contributed by atoms with Crippen LogP contribution in [0.25, 0.3) is 11.3 Å². The number of anilines is 1. The first kappa shape index (κ1) is 12.1. The number of benzene rings is 1. The lowest BCUT2D eigenvalue weighted by Gasteiger charge is -2.27. The van der Waals surface area contributed by atoms with Gasteiger partial charge in [-0.2, -0.15) is 0 Å². The number of nitrogens with two attached hydrogens (primary N) is 1. The van der Waals surface area contributed by atoms with Gasteiger partial charge in [0, 0.05) is 18.7 Å². The highest BCUT2D eigenvalue weighted by atomic mass is 15.4. The first-order chi connectivity index (χ1) is 9.24. The van der Waals surface area contributed by atoms with Gasteiger partial charge in [0.15, 0.2) is 0 Å². The quantitative estimate of drug-likeness (QED) is 0.840. The Bertz CT molecular complexity index is 550. The highest BCUT2D eigenvalue weighted by molar-refractivity contribution is 5.61. The van der Waals surface area contributed by atoms with Crippen LogP contribution in [0.4, 0.5) is 5.95 Å². The third-order valence-corrected chi connectivity index (χ3v) is 3.70. The monoisotopic (exact) mass is 256 g/mol. The molecular weight excluding hydrogens is 236 g/mol. The molecule has 2 heterocycles. The van der Waals surface area contributed by atoms with Crippen LogP contribution in [0.1, 0.15) is 24.8 Å². The van der Waals surface area contributed by atoms with Crippen LogP contribution in [-0.4, -0.2) is 22.7 Å². The van der Waals surface area contributed by atoms with E-state index < -0.39 is 0 Å². The van der Waals surface area contributed by atoms with E-state index in [1.807, 2.05) is 6.20 Å². The molecule has 1 aromatic carbocycles. The zero-order chi connectivity index (χ0) is 13.2. The first-order valence-corrected chi connectivity index (χ1v) is 6.90. The van der Waals surface area contributed by atoms with Crippen molar-refractivity contribution in [2.24, 2.45) is 0 Å². The fourth-order valence-electron chi connectivity index (χ4n) is 2.58. The van der Waals surface area contributed by atoms with E-state index in [0.717, 1.165) is 30.3 Å². The average Bonchev–Trinajstić information content (AvgIpc) is 2.83. The Labute approximate surface area is 113 Å². The van der Waals surface area contributed by atoms with Gasteiger partial charge >= 0.3 is 0 Å². The fraction of sp³-hybridized carbons (Fsp3) is 0.400. The van der Waals surface area contributed by atoms with E-state index in [2.05, 4.69) is 36.1 Å². The van der Waals surface area contributed by atoms with Crippen molar-refractivity contribution >= 4 is 5.95 Å². The Kier molecular flexibility index (Phi) is 3.15. The summed E-state index contributed by atoms with van der Waals surface area (Å²) >= 11 is 0. The van der Waals surface area contributed by atoms with E-state index in [9.17, 15) is 0 Å². The Morgan fingerprint density at radius 3 is 2.42 bits per heavy atom. The van der Waals surface area contributed by atoms with Crippen LogP contribution in [-0.2, 0) is 0 Å². The van der Waals surface area contributed by atoms with Gasteiger partial charge in [0.2, 0.25) is 5.95 Å². The molecule has 0 unspecified atom stereocenters. The smallest absolute Gasteiger partial charge is 0.224 e. The molecule has 2 aromatic rings. The number of imidazole rings is 1. The molecule has 1 aliphatic heterocycles. The van der Waals surface area contributed by atoms with Crippen molar-refractivity contribution in [1.82, 2.24) is 9.66 Å².